The smallest absolute Gasteiger partial charge is 0.151 e. The summed E-state index contributed by atoms with van der Waals surface area (Å²) in [4.78, 5) is 11.3. The topological polar surface area (TPSA) is 51.2 Å². The molecule has 1 heterocycles. The van der Waals surface area contributed by atoms with Crippen LogP contribution >= 0.6 is 0 Å². The Morgan fingerprint density at radius 1 is 1.54 bits per heavy atom. The Hall–Kier alpha value is -0.820. The van der Waals surface area contributed by atoms with Crippen LogP contribution in [0, 0.1) is 17.8 Å². The quantitative estimate of drug-likeness (QED) is 0.606. The maximum atomic E-state index is 11.3. The second-order valence-corrected chi connectivity index (χ2v) is 5.40. The zero-order valence-corrected chi connectivity index (χ0v) is 8.36. The fourth-order valence-electron chi connectivity index (χ4n) is 1.37. The van der Waals surface area contributed by atoms with E-state index in [9.17, 15) is 13.2 Å². The van der Waals surface area contributed by atoms with Gasteiger partial charge in [0.25, 0.3) is 0 Å². The molecule has 1 aliphatic heterocycles. The molecule has 0 bridgehead atoms. The predicted octanol–water partition coefficient (Wildman–Crippen LogP) is 0.404. The van der Waals surface area contributed by atoms with E-state index in [0.29, 0.717) is 6.42 Å². The second kappa shape index (κ2) is 3.93. The third-order valence-electron chi connectivity index (χ3n) is 2.13. The summed E-state index contributed by atoms with van der Waals surface area (Å²) in [5.41, 5.74) is 0. The minimum atomic E-state index is -2.93. The lowest BCUT2D eigenvalue weighted by Crippen LogP contribution is -2.15. The van der Waals surface area contributed by atoms with E-state index < -0.39 is 9.84 Å². The van der Waals surface area contributed by atoms with Crippen LogP contribution in [0.4, 0.5) is 0 Å². The van der Waals surface area contributed by atoms with E-state index in [1.807, 2.05) is 0 Å². The van der Waals surface area contributed by atoms with Gasteiger partial charge in [-0.05, 0) is 13.3 Å². The van der Waals surface area contributed by atoms with Crippen LogP contribution in [0.3, 0.4) is 0 Å². The Bertz CT molecular complexity index is 356. The SMILES string of the molecule is CC#CCC(=O)C1CCS(=O)(=O)C1. The number of carbonyl (C=O) groups is 1. The molecule has 0 aliphatic carbocycles. The summed E-state index contributed by atoms with van der Waals surface area (Å²) < 4.78 is 22.1. The molecule has 0 aromatic carbocycles. The van der Waals surface area contributed by atoms with Crippen molar-refractivity contribution in [3.05, 3.63) is 0 Å². The zero-order chi connectivity index (χ0) is 9.90. The number of hydrogen-bond acceptors (Lipinski definition) is 3. The van der Waals surface area contributed by atoms with E-state index in [1.165, 1.54) is 0 Å². The third-order valence-corrected chi connectivity index (χ3v) is 3.90. The Morgan fingerprint density at radius 3 is 2.69 bits per heavy atom. The highest BCUT2D eigenvalue weighted by molar-refractivity contribution is 7.91. The van der Waals surface area contributed by atoms with E-state index in [0.717, 1.165) is 0 Å². The first kappa shape index (κ1) is 10.3. The molecule has 1 unspecified atom stereocenters. The molecule has 1 atom stereocenters. The molecule has 4 heteroatoms. The molecule has 0 radical (unpaired) electrons. The van der Waals surface area contributed by atoms with E-state index in [1.54, 1.807) is 6.92 Å². The fourth-order valence-corrected chi connectivity index (χ4v) is 3.14. The first-order valence-corrected chi connectivity index (χ1v) is 6.00. The Morgan fingerprint density at radius 2 is 2.23 bits per heavy atom. The minimum Gasteiger partial charge on any atom is -0.298 e. The molecule has 1 fully saturated rings. The average Bonchev–Trinajstić information content (AvgIpc) is 2.42. The fraction of sp³-hybridized carbons (Fsp3) is 0.667. The molecule has 0 amide bonds. The van der Waals surface area contributed by atoms with E-state index in [4.69, 9.17) is 0 Å². The van der Waals surface area contributed by atoms with Gasteiger partial charge in [-0.1, -0.05) is 5.92 Å². The molecular weight excluding hydrogens is 188 g/mol. The van der Waals surface area contributed by atoms with Crippen molar-refractivity contribution in [3.8, 4) is 11.8 Å². The third kappa shape index (κ3) is 2.85. The first-order valence-electron chi connectivity index (χ1n) is 4.18. The number of hydrogen-bond donors (Lipinski definition) is 0. The molecule has 72 valence electrons. The van der Waals surface area contributed by atoms with Gasteiger partial charge >= 0.3 is 0 Å². The summed E-state index contributed by atoms with van der Waals surface area (Å²) >= 11 is 0. The predicted molar refractivity (Wildman–Crippen MR) is 49.8 cm³/mol. The van der Waals surface area contributed by atoms with E-state index in [-0.39, 0.29) is 29.6 Å². The minimum absolute atomic E-state index is 0.0250. The monoisotopic (exact) mass is 200 g/mol. The zero-order valence-electron chi connectivity index (χ0n) is 7.54. The lowest BCUT2D eigenvalue weighted by Gasteiger charge is -2.01. The first-order chi connectivity index (χ1) is 6.05. The molecule has 1 rings (SSSR count). The van der Waals surface area contributed by atoms with Crippen molar-refractivity contribution in [2.24, 2.45) is 5.92 Å². The maximum absolute atomic E-state index is 11.3. The standard InChI is InChI=1S/C9H12O3S/c1-2-3-4-9(10)8-5-6-13(11,12)7-8/h8H,4-7H2,1H3. The highest BCUT2D eigenvalue weighted by atomic mass is 32.2. The molecule has 0 saturated carbocycles. The van der Waals surface area contributed by atoms with Crippen LogP contribution in [0.15, 0.2) is 0 Å². The molecule has 0 N–H and O–H groups in total. The van der Waals surface area contributed by atoms with Crippen LogP contribution in [0.5, 0.6) is 0 Å². The van der Waals surface area contributed by atoms with Crippen LogP contribution in [0.2, 0.25) is 0 Å². The molecule has 1 saturated heterocycles. The molecular formula is C9H12O3S. The number of rotatable bonds is 2. The summed E-state index contributed by atoms with van der Waals surface area (Å²) in [6.45, 7) is 1.67. The van der Waals surface area contributed by atoms with Crippen LogP contribution in [-0.4, -0.2) is 25.7 Å². The Balaban J connectivity index is 2.55. The normalized spacial score (nSPS) is 24.8. The summed E-state index contributed by atoms with van der Waals surface area (Å²) in [6, 6.07) is 0. The average molecular weight is 200 g/mol. The Labute approximate surface area is 78.4 Å². The van der Waals surface area contributed by atoms with Gasteiger partial charge in [0.15, 0.2) is 9.84 Å². The largest absolute Gasteiger partial charge is 0.298 e. The van der Waals surface area contributed by atoms with Crippen molar-refractivity contribution in [1.29, 1.82) is 0 Å². The Kier molecular flexibility index (Phi) is 3.10. The van der Waals surface area contributed by atoms with E-state index in [2.05, 4.69) is 11.8 Å². The van der Waals surface area contributed by atoms with Gasteiger partial charge in [-0.2, -0.15) is 0 Å². The highest BCUT2D eigenvalue weighted by Gasteiger charge is 2.31. The van der Waals surface area contributed by atoms with E-state index >= 15 is 0 Å². The number of carbonyl (C=O) groups excluding carboxylic acids is 1. The molecule has 0 aromatic heterocycles. The van der Waals surface area contributed by atoms with Gasteiger partial charge in [0.2, 0.25) is 0 Å². The molecule has 3 nitrogen and oxygen atoms in total. The molecule has 0 aromatic rings. The number of sulfone groups is 1. The van der Waals surface area contributed by atoms with Gasteiger partial charge in [-0.25, -0.2) is 8.42 Å². The summed E-state index contributed by atoms with van der Waals surface area (Å²) in [5.74, 6) is 5.13. The van der Waals surface area contributed by atoms with Gasteiger partial charge in [-0.3, -0.25) is 4.79 Å². The molecule has 1 aliphatic rings. The summed E-state index contributed by atoms with van der Waals surface area (Å²) in [5, 5.41) is 0. The molecule has 13 heavy (non-hydrogen) atoms. The van der Waals surface area contributed by atoms with Crippen LogP contribution in [-0.2, 0) is 14.6 Å². The van der Waals surface area contributed by atoms with Crippen molar-refractivity contribution in [3.63, 3.8) is 0 Å². The summed E-state index contributed by atoms with van der Waals surface area (Å²) in [6.07, 6.45) is 0.670. The maximum Gasteiger partial charge on any atom is 0.151 e. The van der Waals surface area contributed by atoms with Crippen LogP contribution in [0.1, 0.15) is 19.8 Å². The van der Waals surface area contributed by atoms with Gasteiger partial charge < -0.3 is 0 Å². The van der Waals surface area contributed by atoms with Crippen molar-refractivity contribution in [2.75, 3.05) is 11.5 Å². The van der Waals surface area contributed by atoms with Crippen molar-refractivity contribution < 1.29 is 13.2 Å². The van der Waals surface area contributed by atoms with Gasteiger partial charge in [0.05, 0.1) is 17.9 Å². The highest BCUT2D eigenvalue weighted by Crippen LogP contribution is 2.19. The van der Waals surface area contributed by atoms with Crippen molar-refractivity contribution in [2.45, 2.75) is 19.8 Å². The van der Waals surface area contributed by atoms with Gasteiger partial charge in [0.1, 0.15) is 5.78 Å². The van der Waals surface area contributed by atoms with Crippen LogP contribution < -0.4 is 0 Å². The van der Waals surface area contributed by atoms with Gasteiger partial charge in [0, 0.05) is 5.92 Å². The lowest BCUT2D eigenvalue weighted by molar-refractivity contribution is -0.121. The number of Topliss-reactive ketones (excluding diaryl/α,β-unsaturated/α-hetero) is 1. The van der Waals surface area contributed by atoms with Crippen molar-refractivity contribution in [1.82, 2.24) is 0 Å². The molecule has 0 spiro atoms. The lowest BCUT2D eigenvalue weighted by atomic mass is 10.0. The second-order valence-electron chi connectivity index (χ2n) is 3.17. The van der Waals surface area contributed by atoms with Crippen molar-refractivity contribution >= 4 is 15.6 Å². The summed E-state index contributed by atoms with van der Waals surface area (Å²) in [7, 11) is -2.93. The van der Waals surface area contributed by atoms with Crippen LogP contribution in [0.25, 0.3) is 0 Å². The number of ketones is 1. The van der Waals surface area contributed by atoms with Gasteiger partial charge in [-0.15, -0.1) is 5.92 Å².